The van der Waals surface area contributed by atoms with Crippen LogP contribution in [0.2, 0.25) is 0 Å². The summed E-state index contributed by atoms with van der Waals surface area (Å²) in [4.78, 5) is 1.98. The number of fused-ring (bicyclic) bond motifs is 4. The number of anilines is 1. The van der Waals surface area contributed by atoms with Gasteiger partial charge in [-0.1, -0.05) is 26.0 Å². The summed E-state index contributed by atoms with van der Waals surface area (Å²) in [6.07, 6.45) is -1.63. The van der Waals surface area contributed by atoms with Crippen LogP contribution in [0.5, 0.6) is 11.5 Å². The molecule has 0 saturated carbocycles. The molecule has 3 heterocycles. The van der Waals surface area contributed by atoms with Gasteiger partial charge in [0.1, 0.15) is 17.7 Å². The molecular weight excluding hydrogens is 471 g/mol. The van der Waals surface area contributed by atoms with Gasteiger partial charge in [-0.3, -0.25) is 4.90 Å². The third-order valence-electron chi connectivity index (χ3n) is 6.65. The molecule has 1 aromatic heterocycles. The van der Waals surface area contributed by atoms with E-state index in [1.807, 2.05) is 43.0 Å². The lowest BCUT2D eigenvalue weighted by Gasteiger charge is -2.47. The molecule has 2 aliphatic heterocycles. The van der Waals surface area contributed by atoms with Crippen LogP contribution in [0.3, 0.4) is 0 Å². The number of hydrogen-bond acceptors (Lipinski definition) is 5. The van der Waals surface area contributed by atoms with Crippen LogP contribution in [0, 0.1) is 0 Å². The molecule has 1 saturated heterocycles. The SMILES string of the molecule is CC.COc1ccc2c(c1)NC1(CCN(C(O)c3ccc(OCC(F)(F)F)cc3)CC1)c1cccn1-2. The molecule has 3 aromatic rings. The van der Waals surface area contributed by atoms with Gasteiger partial charge in [-0.15, -0.1) is 0 Å². The monoisotopic (exact) mass is 503 g/mol. The van der Waals surface area contributed by atoms with E-state index in [1.165, 1.54) is 17.8 Å². The lowest BCUT2D eigenvalue weighted by atomic mass is 9.82. The highest BCUT2D eigenvalue weighted by molar-refractivity contribution is 5.69. The van der Waals surface area contributed by atoms with Gasteiger partial charge in [-0.05, 0) is 54.8 Å². The van der Waals surface area contributed by atoms with Crippen molar-refractivity contribution in [2.24, 2.45) is 0 Å². The topological polar surface area (TPSA) is 58.9 Å². The largest absolute Gasteiger partial charge is 0.497 e. The van der Waals surface area contributed by atoms with E-state index in [4.69, 9.17) is 9.47 Å². The van der Waals surface area contributed by atoms with Gasteiger partial charge in [-0.2, -0.15) is 13.2 Å². The fraction of sp³-hybridized carbons (Fsp3) is 0.407. The minimum Gasteiger partial charge on any atom is -0.497 e. The van der Waals surface area contributed by atoms with E-state index in [9.17, 15) is 18.3 Å². The maximum atomic E-state index is 12.4. The molecule has 0 bridgehead atoms. The third-order valence-corrected chi connectivity index (χ3v) is 6.65. The number of likely N-dealkylation sites (tertiary alicyclic amines) is 1. The van der Waals surface area contributed by atoms with Gasteiger partial charge in [0.2, 0.25) is 0 Å². The maximum absolute atomic E-state index is 12.4. The number of nitrogens with one attached hydrogen (secondary N) is 1. The van der Waals surface area contributed by atoms with E-state index in [-0.39, 0.29) is 11.3 Å². The number of aliphatic hydroxyl groups is 1. The summed E-state index contributed by atoms with van der Waals surface area (Å²) in [5.41, 5.74) is 3.61. The molecule has 1 spiro atoms. The molecule has 2 N–H and O–H groups in total. The number of nitrogens with zero attached hydrogens (tertiary/aromatic N) is 2. The highest BCUT2D eigenvalue weighted by Gasteiger charge is 2.42. The van der Waals surface area contributed by atoms with Crippen molar-refractivity contribution in [1.82, 2.24) is 9.47 Å². The van der Waals surface area contributed by atoms with E-state index in [1.54, 1.807) is 19.2 Å². The van der Waals surface area contributed by atoms with Gasteiger partial charge in [-0.25, -0.2) is 0 Å². The normalized spacial score (nSPS) is 17.2. The Labute approximate surface area is 209 Å². The van der Waals surface area contributed by atoms with Gasteiger partial charge in [0.05, 0.1) is 24.0 Å². The molecule has 2 aliphatic rings. The molecule has 6 nitrogen and oxygen atoms in total. The Kier molecular flexibility index (Phi) is 7.51. The van der Waals surface area contributed by atoms with Crippen LogP contribution >= 0.6 is 0 Å². The summed E-state index contributed by atoms with van der Waals surface area (Å²) in [6.45, 7) is 3.95. The molecule has 5 rings (SSSR count). The van der Waals surface area contributed by atoms with E-state index in [0.29, 0.717) is 18.7 Å². The van der Waals surface area contributed by atoms with E-state index < -0.39 is 19.0 Å². The van der Waals surface area contributed by atoms with Crippen molar-refractivity contribution in [3.05, 3.63) is 72.1 Å². The molecule has 0 amide bonds. The van der Waals surface area contributed by atoms with E-state index in [0.717, 1.165) is 30.0 Å². The number of piperidine rings is 1. The number of halogens is 3. The first-order valence-corrected chi connectivity index (χ1v) is 12.1. The molecule has 36 heavy (non-hydrogen) atoms. The van der Waals surface area contributed by atoms with E-state index in [2.05, 4.69) is 22.1 Å². The average molecular weight is 504 g/mol. The van der Waals surface area contributed by atoms with Crippen LogP contribution in [0.15, 0.2) is 60.8 Å². The molecule has 0 aliphatic carbocycles. The Hall–Kier alpha value is -3.17. The van der Waals surface area contributed by atoms with Crippen LogP contribution in [0.4, 0.5) is 18.9 Å². The Bertz CT molecular complexity index is 1150. The summed E-state index contributed by atoms with van der Waals surface area (Å²) >= 11 is 0. The van der Waals surface area contributed by atoms with Crippen molar-refractivity contribution in [2.45, 2.75) is 44.6 Å². The van der Waals surface area contributed by atoms with Crippen molar-refractivity contribution in [1.29, 1.82) is 0 Å². The van der Waals surface area contributed by atoms with Crippen molar-refractivity contribution >= 4 is 5.69 Å². The summed E-state index contributed by atoms with van der Waals surface area (Å²) < 4.78 is 49.4. The van der Waals surface area contributed by atoms with E-state index >= 15 is 0 Å². The fourth-order valence-electron chi connectivity index (χ4n) is 4.90. The minimum absolute atomic E-state index is 0.118. The van der Waals surface area contributed by atoms with Gasteiger partial charge < -0.3 is 24.5 Å². The minimum atomic E-state index is -4.39. The van der Waals surface area contributed by atoms with Crippen LogP contribution in [-0.4, -0.2) is 47.6 Å². The molecular formula is C27H32F3N3O3. The second-order valence-corrected chi connectivity index (χ2v) is 8.74. The van der Waals surface area contributed by atoms with Crippen LogP contribution in [0.25, 0.3) is 5.69 Å². The molecule has 9 heteroatoms. The summed E-state index contributed by atoms with van der Waals surface area (Å²) in [6, 6.07) is 16.3. The van der Waals surface area contributed by atoms with Gasteiger partial charge in [0.15, 0.2) is 6.61 Å². The predicted octanol–water partition coefficient (Wildman–Crippen LogP) is 5.86. The summed E-state index contributed by atoms with van der Waals surface area (Å²) in [7, 11) is 1.65. The third kappa shape index (κ3) is 5.17. The molecule has 194 valence electrons. The molecule has 2 aromatic carbocycles. The average Bonchev–Trinajstić information content (AvgIpc) is 3.40. The van der Waals surface area contributed by atoms with Gasteiger partial charge in [0.25, 0.3) is 0 Å². The Morgan fingerprint density at radius 1 is 1.03 bits per heavy atom. The zero-order valence-corrected chi connectivity index (χ0v) is 20.7. The first kappa shape index (κ1) is 25.9. The predicted molar refractivity (Wildman–Crippen MR) is 133 cm³/mol. The first-order chi connectivity index (χ1) is 17.3. The van der Waals surface area contributed by atoms with Crippen molar-refractivity contribution in [3.8, 4) is 17.2 Å². The number of methoxy groups -OCH3 is 1. The first-order valence-electron chi connectivity index (χ1n) is 12.1. The van der Waals surface area contributed by atoms with Crippen molar-refractivity contribution < 1.29 is 27.8 Å². The lowest BCUT2D eigenvalue weighted by Crippen LogP contribution is -2.50. The zero-order valence-electron chi connectivity index (χ0n) is 20.7. The molecule has 1 atom stereocenters. The highest BCUT2D eigenvalue weighted by Crippen LogP contribution is 2.45. The van der Waals surface area contributed by atoms with Crippen molar-refractivity contribution in [3.63, 3.8) is 0 Å². The van der Waals surface area contributed by atoms with Crippen molar-refractivity contribution in [2.75, 3.05) is 32.1 Å². The maximum Gasteiger partial charge on any atom is 0.422 e. The molecule has 1 fully saturated rings. The smallest absolute Gasteiger partial charge is 0.422 e. The zero-order chi connectivity index (χ0) is 25.9. The Morgan fingerprint density at radius 2 is 1.69 bits per heavy atom. The number of ether oxygens (including phenoxy) is 2. The Morgan fingerprint density at radius 3 is 2.33 bits per heavy atom. The molecule has 1 unspecified atom stereocenters. The van der Waals surface area contributed by atoms with Crippen LogP contribution in [-0.2, 0) is 5.54 Å². The summed E-state index contributed by atoms with van der Waals surface area (Å²) in [5, 5.41) is 14.7. The second-order valence-electron chi connectivity index (χ2n) is 8.74. The van der Waals surface area contributed by atoms with Crippen LogP contribution < -0.4 is 14.8 Å². The summed E-state index contributed by atoms with van der Waals surface area (Å²) in [5.74, 6) is 0.902. The quantitative estimate of drug-likeness (QED) is 0.457. The van der Waals surface area contributed by atoms with Gasteiger partial charge in [0, 0.05) is 31.0 Å². The lowest BCUT2D eigenvalue weighted by molar-refractivity contribution is -0.153. The number of benzene rings is 2. The number of hydrogen-bond donors (Lipinski definition) is 2. The Balaban J connectivity index is 0.00000148. The number of aliphatic hydroxyl groups excluding tert-OH is 1. The number of aromatic nitrogens is 1. The standard InChI is InChI=1S/C25H26F3N3O3.C2H6/c1-33-19-8-9-21-20(15-19)29-24(22-3-2-12-31(21)22)10-13-30(14-11-24)23(32)17-4-6-18(7-5-17)34-16-25(26,27)28;1-2/h2-9,12,15,23,29,32H,10-11,13-14,16H2,1H3;1-2H3. The molecule has 0 radical (unpaired) electrons. The van der Waals surface area contributed by atoms with Gasteiger partial charge >= 0.3 is 6.18 Å². The second kappa shape index (κ2) is 10.4. The number of rotatable bonds is 5. The fourth-order valence-corrected chi connectivity index (χ4v) is 4.90. The highest BCUT2D eigenvalue weighted by atomic mass is 19.4. The number of alkyl halides is 3. The van der Waals surface area contributed by atoms with Crippen LogP contribution in [0.1, 0.15) is 44.2 Å².